The van der Waals surface area contributed by atoms with Crippen LogP contribution in [0.1, 0.15) is 0 Å². The third-order valence-corrected chi connectivity index (χ3v) is 10.3. The molecule has 0 saturated carbocycles. The van der Waals surface area contributed by atoms with Crippen LogP contribution in [0.2, 0.25) is 0 Å². The van der Waals surface area contributed by atoms with Gasteiger partial charge in [0, 0.05) is 24.9 Å². The van der Waals surface area contributed by atoms with Crippen molar-refractivity contribution in [3.8, 4) is 22.3 Å². The zero-order chi connectivity index (χ0) is 26.2. The van der Waals surface area contributed by atoms with Gasteiger partial charge in [-0.15, -0.1) is 22.7 Å². The number of hydrogen-bond donors (Lipinski definition) is 0. The Hall–Kier alpha value is -4.50. The average Bonchev–Trinajstić information content (AvgIpc) is 3.61. The molecule has 40 heavy (non-hydrogen) atoms. The van der Waals surface area contributed by atoms with E-state index in [1.165, 1.54) is 84.8 Å². The normalized spacial score (nSPS) is 12.0. The molecule has 0 aliphatic heterocycles. The predicted molar refractivity (Wildman–Crippen MR) is 178 cm³/mol. The van der Waals surface area contributed by atoms with Gasteiger partial charge in [-0.05, 0) is 95.7 Å². The Morgan fingerprint density at radius 1 is 0.350 bits per heavy atom. The van der Waals surface area contributed by atoms with Gasteiger partial charge in [0.05, 0.1) is 0 Å². The van der Waals surface area contributed by atoms with Crippen molar-refractivity contribution in [3.63, 3.8) is 0 Å². The van der Waals surface area contributed by atoms with Crippen molar-refractivity contribution in [1.29, 1.82) is 0 Å². The van der Waals surface area contributed by atoms with Gasteiger partial charge in [0.1, 0.15) is 0 Å². The Bertz CT molecular complexity index is 2380. The number of benzene rings is 7. The van der Waals surface area contributed by atoms with Crippen molar-refractivity contribution >= 4 is 85.2 Å². The average molecular weight is 543 g/mol. The summed E-state index contributed by atoms with van der Waals surface area (Å²) in [6.45, 7) is 0. The van der Waals surface area contributed by atoms with Crippen LogP contribution in [0.5, 0.6) is 0 Å². The van der Waals surface area contributed by atoms with Crippen LogP contribution in [-0.4, -0.2) is 0 Å². The standard InChI is InChI=1S/C38H22S2/c1-2-8-24-19-26(14-13-23(24)7-1)37-29-9-3-5-11-31(29)38(32-12-6-4-10-30(32)37)27-15-16-28-33-22-34-25(17-18-39-34)20-36(33)40-35(28)21-27/h1-22H. The van der Waals surface area contributed by atoms with Gasteiger partial charge >= 0.3 is 0 Å². The van der Waals surface area contributed by atoms with E-state index in [9.17, 15) is 0 Å². The van der Waals surface area contributed by atoms with Crippen LogP contribution in [0.25, 0.3) is 84.8 Å². The topological polar surface area (TPSA) is 0 Å². The lowest BCUT2D eigenvalue weighted by Crippen LogP contribution is -1.90. The Balaban J connectivity index is 1.35. The lowest BCUT2D eigenvalue weighted by atomic mass is 9.85. The molecule has 0 spiro atoms. The van der Waals surface area contributed by atoms with Gasteiger partial charge in [0.25, 0.3) is 0 Å². The minimum atomic E-state index is 1.26. The highest BCUT2D eigenvalue weighted by Crippen LogP contribution is 2.46. The molecule has 0 radical (unpaired) electrons. The van der Waals surface area contributed by atoms with Crippen LogP contribution in [0.4, 0.5) is 0 Å². The molecule has 0 fully saturated rings. The molecule has 2 heteroatoms. The number of rotatable bonds is 2. The van der Waals surface area contributed by atoms with Crippen LogP contribution in [-0.2, 0) is 0 Å². The maximum absolute atomic E-state index is 2.41. The van der Waals surface area contributed by atoms with Gasteiger partial charge in [-0.3, -0.25) is 0 Å². The molecule has 0 bridgehead atoms. The van der Waals surface area contributed by atoms with Crippen LogP contribution >= 0.6 is 22.7 Å². The lowest BCUT2D eigenvalue weighted by molar-refractivity contribution is 1.69. The summed E-state index contributed by atoms with van der Waals surface area (Å²) in [4.78, 5) is 0. The summed E-state index contributed by atoms with van der Waals surface area (Å²) in [5, 5.41) is 14.0. The molecule has 0 amide bonds. The molecule has 0 atom stereocenters. The second-order valence-corrected chi connectivity index (χ2v) is 12.6. The van der Waals surface area contributed by atoms with Crippen LogP contribution in [0.15, 0.2) is 133 Å². The second-order valence-electron chi connectivity index (χ2n) is 10.5. The molecule has 9 rings (SSSR count). The first-order chi connectivity index (χ1) is 19.8. The molecular weight excluding hydrogens is 521 g/mol. The summed E-state index contributed by atoms with van der Waals surface area (Å²) in [6.07, 6.45) is 0. The highest BCUT2D eigenvalue weighted by atomic mass is 32.1. The second kappa shape index (κ2) is 8.50. The van der Waals surface area contributed by atoms with E-state index in [0.717, 1.165) is 0 Å². The van der Waals surface area contributed by atoms with Crippen molar-refractivity contribution in [2.24, 2.45) is 0 Å². The molecule has 0 aliphatic rings. The van der Waals surface area contributed by atoms with Crippen molar-refractivity contribution in [3.05, 3.63) is 133 Å². The first-order valence-corrected chi connectivity index (χ1v) is 15.3. The van der Waals surface area contributed by atoms with Crippen LogP contribution < -0.4 is 0 Å². The van der Waals surface area contributed by atoms with E-state index in [0.29, 0.717) is 0 Å². The molecule has 7 aromatic carbocycles. The van der Waals surface area contributed by atoms with Gasteiger partial charge in [-0.2, -0.15) is 0 Å². The third kappa shape index (κ3) is 3.24. The van der Waals surface area contributed by atoms with Crippen molar-refractivity contribution in [2.45, 2.75) is 0 Å². The predicted octanol–water partition coefficient (Wildman–Crippen LogP) is 12.1. The van der Waals surface area contributed by atoms with Crippen molar-refractivity contribution in [2.75, 3.05) is 0 Å². The van der Waals surface area contributed by atoms with E-state index >= 15 is 0 Å². The maximum Gasteiger partial charge on any atom is 0.0362 e. The molecule has 0 nitrogen and oxygen atoms in total. The number of thiophene rings is 2. The molecule has 0 aliphatic carbocycles. The van der Waals surface area contributed by atoms with Crippen molar-refractivity contribution < 1.29 is 0 Å². The maximum atomic E-state index is 2.41. The van der Waals surface area contributed by atoms with Gasteiger partial charge in [0.15, 0.2) is 0 Å². The zero-order valence-corrected chi connectivity index (χ0v) is 23.2. The first kappa shape index (κ1) is 22.3. The zero-order valence-electron chi connectivity index (χ0n) is 21.5. The van der Waals surface area contributed by atoms with E-state index in [1.807, 2.05) is 22.7 Å². The molecule has 0 N–H and O–H groups in total. The monoisotopic (exact) mass is 542 g/mol. The van der Waals surface area contributed by atoms with Gasteiger partial charge in [-0.25, -0.2) is 0 Å². The molecule has 2 heterocycles. The fourth-order valence-corrected chi connectivity index (χ4v) is 8.47. The van der Waals surface area contributed by atoms with Gasteiger partial charge in [-0.1, -0.05) is 97.1 Å². The largest absolute Gasteiger partial charge is 0.144 e. The van der Waals surface area contributed by atoms with Gasteiger partial charge < -0.3 is 0 Å². The first-order valence-electron chi connectivity index (χ1n) is 13.6. The van der Waals surface area contributed by atoms with E-state index in [4.69, 9.17) is 0 Å². The fourth-order valence-electron chi connectivity index (χ4n) is 6.48. The minimum absolute atomic E-state index is 1.26. The molecule has 186 valence electrons. The molecule has 2 aromatic heterocycles. The summed E-state index contributed by atoms with van der Waals surface area (Å²) in [5.74, 6) is 0. The van der Waals surface area contributed by atoms with Gasteiger partial charge in [0.2, 0.25) is 0 Å². The Kier molecular flexibility index (Phi) is 4.74. The highest BCUT2D eigenvalue weighted by molar-refractivity contribution is 7.26. The molecule has 0 unspecified atom stereocenters. The quantitative estimate of drug-likeness (QED) is 0.191. The summed E-state index contributed by atoms with van der Waals surface area (Å²) in [7, 11) is 0. The third-order valence-electron chi connectivity index (χ3n) is 8.30. The molecule has 0 saturated heterocycles. The summed E-state index contributed by atoms with van der Waals surface area (Å²) in [5.41, 5.74) is 5.16. The lowest BCUT2D eigenvalue weighted by Gasteiger charge is -2.18. The Labute approximate surface area is 239 Å². The number of fused-ring (bicyclic) bond motifs is 7. The highest BCUT2D eigenvalue weighted by Gasteiger charge is 2.17. The summed E-state index contributed by atoms with van der Waals surface area (Å²) >= 11 is 3.73. The SMILES string of the molecule is c1ccc2cc(-c3c4ccccc4c(-c4ccc5c(c4)sc4cc6ccsc6cc45)c4ccccc34)ccc2c1. The summed E-state index contributed by atoms with van der Waals surface area (Å²) < 4.78 is 4.06. The van der Waals surface area contributed by atoms with E-state index < -0.39 is 0 Å². The number of hydrogen-bond acceptors (Lipinski definition) is 2. The van der Waals surface area contributed by atoms with Crippen LogP contribution in [0, 0.1) is 0 Å². The Morgan fingerprint density at radius 2 is 0.950 bits per heavy atom. The smallest absolute Gasteiger partial charge is 0.0362 e. The molecule has 9 aromatic rings. The van der Waals surface area contributed by atoms with E-state index in [2.05, 4.69) is 133 Å². The van der Waals surface area contributed by atoms with E-state index in [1.54, 1.807) is 0 Å². The summed E-state index contributed by atoms with van der Waals surface area (Å²) in [6, 6.07) is 47.4. The Morgan fingerprint density at radius 3 is 1.68 bits per heavy atom. The molecular formula is C38H22S2. The minimum Gasteiger partial charge on any atom is -0.144 e. The van der Waals surface area contributed by atoms with Crippen LogP contribution in [0.3, 0.4) is 0 Å². The van der Waals surface area contributed by atoms with Crippen molar-refractivity contribution in [1.82, 2.24) is 0 Å². The fraction of sp³-hybridized carbons (Fsp3) is 0. The van der Waals surface area contributed by atoms with E-state index in [-0.39, 0.29) is 0 Å².